The minimum Gasteiger partial charge on any atom is -0.478 e. The number of anilines is 1. The highest BCUT2D eigenvalue weighted by Crippen LogP contribution is 2.22. The van der Waals surface area contributed by atoms with E-state index in [0.717, 1.165) is 22.7 Å². The molecule has 1 amide bonds. The lowest BCUT2D eigenvalue weighted by Crippen LogP contribution is -2.16. The van der Waals surface area contributed by atoms with Gasteiger partial charge in [-0.3, -0.25) is 4.79 Å². The Bertz CT molecular complexity index is 731. The third kappa shape index (κ3) is 3.28. The quantitative estimate of drug-likeness (QED) is 0.882. The molecule has 0 radical (unpaired) electrons. The second-order valence-corrected chi connectivity index (χ2v) is 5.22. The number of benzene rings is 2. The van der Waals surface area contributed by atoms with Crippen LogP contribution in [0.5, 0.6) is 0 Å². The van der Waals surface area contributed by atoms with E-state index >= 15 is 0 Å². The molecule has 2 aromatic rings. The molecule has 108 valence electrons. The zero-order valence-corrected chi connectivity index (χ0v) is 12.6. The van der Waals surface area contributed by atoms with Gasteiger partial charge in [0.15, 0.2) is 0 Å². The lowest BCUT2D eigenvalue weighted by Gasteiger charge is -2.11. The van der Waals surface area contributed by atoms with E-state index in [1.807, 2.05) is 0 Å². The fourth-order valence-corrected chi connectivity index (χ4v) is 2.22. The Kier molecular flexibility index (Phi) is 4.37. The van der Waals surface area contributed by atoms with Gasteiger partial charge in [0.1, 0.15) is 5.82 Å². The van der Waals surface area contributed by atoms with Crippen molar-refractivity contribution in [3.05, 3.63) is 63.4 Å². The first-order chi connectivity index (χ1) is 9.90. The van der Waals surface area contributed by atoms with E-state index in [9.17, 15) is 14.0 Å². The number of amides is 1. The molecule has 0 aromatic heterocycles. The van der Waals surface area contributed by atoms with Gasteiger partial charge in [0.25, 0.3) is 5.91 Å². The van der Waals surface area contributed by atoms with Crippen molar-refractivity contribution in [1.29, 1.82) is 0 Å². The second-order valence-electron chi connectivity index (χ2n) is 4.36. The average Bonchev–Trinajstić information content (AvgIpc) is 2.41. The minimum atomic E-state index is -1.24. The van der Waals surface area contributed by atoms with Crippen LogP contribution in [0.4, 0.5) is 10.1 Å². The summed E-state index contributed by atoms with van der Waals surface area (Å²) in [6.45, 7) is 1.75. The fourth-order valence-electron chi connectivity index (χ4n) is 1.85. The summed E-state index contributed by atoms with van der Waals surface area (Å²) in [6.07, 6.45) is 0. The lowest BCUT2D eigenvalue weighted by molar-refractivity contribution is 0.0698. The third-order valence-electron chi connectivity index (χ3n) is 2.97. The molecular weight excluding hydrogens is 341 g/mol. The van der Waals surface area contributed by atoms with Gasteiger partial charge in [0.05, 0.1) is 11.3 Å². The molecule has 0 heterocycles. The summed E-state index contributed by atoms with van der Waals surface area (Å²) in [5, 5.41) is 11.5. The first-order valence-corrected chi connectivity index (χ1v) is 6.78. The third-order valence-corrected chi connectivity index (χ3v) is 3.83. The second kappa shape index (κ2) is 6.05. The van der Waals surface area contributed by atoms with Crippen LogP contribution in [-0.4, -0.2) is 17.0 Å². The molecule has 0 fully saturated rings. The number of nitrogens with one attached hydrogen (secondary N) is 1. The monoisotopic (exact) mass is 351 g/mol. The molecule has 0 aliphatic carbocycles. The summed E-state index contributed by atoms with van der Waals surface area (Å²) in [7, 11) is 0. The van der Waals surface area contributed by atoms with Crippen molar-refractivity contribution < 1.29 is 19.1 Å². The summed E-state index contributed by atoms with van der Waals surface area (Å²) in [5.41, 5.74) is 0.845. The van der Waals surface area contributed by atoms with Crippen molar-refractivity contribution in [3.63, 3.8) is 0 Å². The number of carboxylic acids is 1. The summed E-state index contributed by atoms with van der Waals surface area (Å²) in [5.74, 6) is -2.36. The highest BCUT2D eigenvalue weighted by Gasteiger charge is 2.16. The smallest absolute Gasteiger partial charge is 0.337 e. The van der Waals surface area contributed by atoms with Crippen molar-refractivity contribution >= 4 is 33.5 Å². The maximum atomic E-state index is 13.3. The molecule has 0 saturated heterocycles. The number of rotatable bonds is 3. The molecule has 0 bridgehead atoms. The summed E-state index contributed by atoms with van der Waals surface area (Å²) in [6, 6.07) is 8.21. The van der Waals surface area contributed by atoms with Crippen LogP contribution < -0.4 is 5.32 Å². The van der Waals surface area contributed by atoms with Crippen LogP contribution in [0.3, 0.4) is 0 Å². The zero-order chi connectivity index (χ0) is 15.6. The Labute approximate surface area is 128 Å². The van der Waals surface area contributed by atoms with E-state index in [4.69, 9.17) is 5.11 Å². The van der Waals surface area contributed by atoms with Gasteiger partial charge in [0, 0.05) is 10.0 Å². The molecular formula is C15H11BrFNO3. The lowest BCUT2D eigenvalue weighted by atomic mass is 10.1. The van der Waals surface area contributed by atoms with Crippen LogP contribution >= 0.6 is 15.9 Å². The molecule has 0 saturated carbocycles. The average molecular weight is 352 g/mol. The maximum Gasteiger partial charge on any atom is 0.337 e. The SMILES string of the molecule is Cc1c(Br)cccc1C(=O)Nc1cc(F)ccc1C(=O)O. The van der Waals surface area contributed by atoms with E-state index in [0.29, 0.717) is 11.1 Å². The van der Waals surface area contributed by atoms with Gasteiger partial charge in [-0.05, 0) is 42.8 Å². The van der Waals surface area contributed by atoms with Crippen LogP contribution in [0.15, 0.2) is 40.9 Å². The van der Waals surface area contributed by atoms with Crippen molar-refractivity contribution in [2.75, 3.05) is 5.32 Å². The van der Waals surface area contributed by atoms with Gasteiger partial charge in [0.2, 0.25) is 0 Å². The number of hydrogen-bond acceptors (Lipinski definition) is 2. The Morgan fingerprint density at radius 2 is 1.90 bits per heavy atom. The summed E-state index contributed by atoms with van der Waals surface area (Å²) >= 11 is 3.31. The first-order valence-electron chi connectivity index (χ1n) is 5.99. The van der Waals surface area contributed by atoms with E-state index in [-0.39, 0.29) is 11.3 Å². The number of halogens is 2. The molecule has 2 rings (SSSR count). The zero-order valence-electron chi connectivity index (χ0n) is 11.0. The van der Waals surface area contributed by atoms with Gasteiger partial charge >= 0.3 is 5.97 Å². The Morgan fingerprint density at radius 3 is 2.57 bits per heavy atom. The minimum absolute atomic E-state index is 0.0770. The highest BCUT2D eigenvalue weighted by molar-refractivity contribution is 9.10. The molecule has 0 aliphatic rings. The molecule has 0 unspecified atom stereocenters. The topological polar surface area (TPSA) is 66.4 Å². The number of carboxylic acid groups (broad SMARTS) is 1. The van der Waals surface area contributed by atoms with Gasteiger partial charge in [-0.25, -0.2) is 9.18 Å². The molecule has 0 atom stereocenters. The molecule has 2 aromatic carbocycles. The van der Waals surface area contributed by atoms with E-state index in [1.54, 1.807) is 25.1 Å². The Morgan fingerprint density at radius 1 is 1.19 bits per heavy atom. The van der Waals surface area contributed by atoms with Gasteiger partial charge in [-0.2, -0.15) is 0 Å². The van der Waals surface area contributed by atoms with Crippen LogP contribution in [0.1, 0.15) is 26.3 Å². The summed E-state index contributed by atoms with van der Waals surface area (Å²) in [4.78, 5) is 23.3. The highest BCUT2D eigenvalue weighted by atomic mass is 79.9. The van der Waals surface area contributed by atoms with E-state index in [2.05, 4.69) is 21.2 Å². The van der Waals surface area contributed by atoms with Crippen LogP contribution in [0.25, 0.3) is 0 Å². The molecule has 4 nitrogen and oxygen atoms in total. The fraction of sp³-hybridized carbons (Fsp3) is 0.0667. The van der Waals surface area contributed by atoms with Crippen LogP contribution in [-0.2, 0) is 0 Å². The molecule has 21 heavy (non-hydrogen) atoms. The predicted molar refractivity (Wildman–Crippen MR) is 80.2 cm³/mol. The molecule has 0 aliphatic heterocycles. The van der Waals surface area contributed by atoms with Crippen molar-refractivity contribution in [3.8, 4) is 0 Å². The summed E-state index contributed by atoms with van der Waals surface area (Å²) < 4.78 is 14.0. The predicted octanol–water partition coefficient (Wildman–Crippen LogP) is 3.85. The first kappa shape index (κ1) is 15.2. The van der Waals surface area contributed by atoms with E-state index < -0.39 is 17.7 Å². The van der Waals surface area contributed by atoms with Gasteiger partial charge in [-0.15, -0.1) is 0 Å². The number of hydrogen-bond donors (Lipinski definition) is 2. The number of aromatic carboxylic acids is 1. The largest absolute Gasteiger partial charge is 0.478 e. The van der Waals surface area contributed by atoms with Crippen molar-refractivity contribution in [1.82, 2.24) is 0 Å². The van der Waals surface area contributed by atoms with Gasteiger partial charge < -0.3 is 10.4 Å². The van der Waals surface area contributed by atoms with E-state index in [1.165, 1.54) is 0 Å². The normalized spacial score (nSPS) is 10.2. The molecule has 0 spiro atoms. The molecule has 6 heteroatoms. The Balaban J connectivity index is 2.38. The van der Waals surface area contributed by atoms with Crippen LogP contribution in [0.2, 0.25) is 0 Å². The number of carbonyl (C=O) groups is 2. The Hall–Kier alpha value is -2.21. The van der Waals surface area contributed by atoms with Crippen LogP contribution in [0, 0.1) is 12.7 Å². The molecule has 2 N–H and O–H groups in total. The number of carbonyl (C=O) groups excluding carboxylic acids is 1. The maximum absolute atomic E-state index is 13.3. The standard InChI is InChI=1S/C15H11BrFNO3/c1-8-10(3-2-4-12(8)16)14(19)18-13-7-9(17)5-6-11(13)15(20)21/h2-7H,1H3,(H,18,19)(H,20,21). The van der Waals surface area contributed by atoms with Crippen molar-refractivity contribution in [2.45, 2.75) is 6.92 Å². The van der Waals surface area contributed by atoms with Gasteiger partial charge in [-0.1, -0.05) is 22.0 Å². The van der Waals surface area contributed by atoms with Crippen molar-refractivity contribution in [2.24, 2.45) is 0 Å².